The fourth-order valence-electron chi connectivity index (χ4n) is 2.71. The first-order chi connectivity index (χ1) is 8.11. The number of nitrogens with zero attached hydrogens (tertiary/aromatic N) is 1. The molecule has 0 amide bonds. The van der Waals surface area contributed by atoms with Crippen LogP contribution in [0.15, 0.2) is 18.2 Å². The Morgan fingerprint density at radius 1 is 1.41 bits per heavy atom. The van der Waals surface area contributed by atoms with Gasteiger partial charge >= 0.3 is 0 Å². The molecule has 2 heteroatoms. The van der Waals surface area contributed by atoms with E-state index in [1.54, 1.807) is 0 Å². The van der Waals surface area contributed by atoms with Gasteiger partial charge in [0.2, 0.25) is 0 Å². The molecule has 0 radical (unpaired) electrons. The number of aliphatic hydroxyl groups is 1. The smallest absolute Gasteiger partial charge is 0.0558 e. The van der Waals surface area contributed by atoms with E-state index in [-0.39, 0.29) is 6.61 Å². The highest BCUT2D eigenvalue weighted by Gasteiger charge is 2.22. The fourth-order valence-corrected chi connectivity index (χ4v) is 2.71. The second-order valence-corrected chi connectivity index (χ2v) is 5.47. The third kappa shape index (κ3) is 2.70. The zero-order valence-corrected chi connectivity index (χ0v) is 11.1. The molecule has 1 N–H and O–H groups in total. The van der Waals surface area contributed by atoms with E-state index in [4.69, 9.17) is 5.11 Å². The topological polar surface area (TPSA) is 23.5 Å². The fraction of sp³-hybridized carbons (Fsp3) is 0.600. The van der Waals surface area contributed by atoms with Gasteiger partial charge in [-0.25, -0.2) is 0 Å². The van der Waals surface area contributed by atoms with Crippen LogP contribution < -0.4 is 0 Å². The Bertz CT molecular complexity index is 387. The molecular weight excluding hydrogens is 210 g/mol. The van der Waals surface area contributed by atoms with Gasteiger partial charge in [0.05, 0.1) is 6.61 Å². The Balaban J connectivity index is 2.27. The first-order valence-electron chi connectivity index (χ1n) is 6.57. The average Bonchev–Trinajstić information content (AvgIpc) is 2.28. The molecule has 1 aliphatic rings. The first-order valence-corrected chi connectivity index (χ1v) is 6.57. The molecule has 17 heavy (non-hydrogen) atoms. The van der Waals surface area contributed by atoms with Crippen LogP contribution in [0.5, 0.6) is 0 Å². The van der Waals surface area contributed by atoms with Gasteiger partial charge in [-0.05, 0) is 28.5 Å². The quantitative estimate of drug-likeness (QED) is 0.867. The van der Waals surface area contributed by atoms with Crippen molar-refractivity contribution >= 4 is 0 Å². The van der Waals surface area contributed by atoms with Gasteiger partial charge in [-0.15, -0.1) is 0 Å². The molecule has 1 aliphatic heterocycles. The molecule has 1 aromatic rings. The summed E-state index contributed by atoms with van der Waals surface area (Å²) in [5, 5.41) is 9.05. The van der Waals surface area contributed by atoms with Crippen molar-refractivity contribution in [1.82, 2.24) is 4.90 Å². The van der Waals surface area contributed by atoms with Crippen LogP contribution in [0.4, 0.5) is 0 Å². The summed E-state index contributed by atoms with van der Waals surface area (Å²) in [7, 11) is 0. The highest BCUT2D eigenvalue weighted by molar-refractivity contribution is 5.37. The Kier molecular flexibility index (Phi) is 3.85. The van der Waals surface area contributed by atoms with Gasteiger partial charge in [-0.1, -0.05) is 39.0 Å². The van der Waals surface area contributed by atoms with E-state index in [0.717, 1.165) is 19.6 Å². The largest absolute Gasteiger partial charge is 0.395 e. The highest BCUT2D eigenvalue weighted by atomic mass is 16.3. The second kappa shape index (κ2) is 5.19. The lowest BCUT2D eigenvalue weighted by Gasteiger charge is -2.33. The van der Waals surface area contributed by atoms with E-state index in [0.29, 0.717) is 11.8 Å². The predicted molar refractivity (Wildman–Crippen MR) is 71.3 cm³/mol. The van der Waals surface area contributed by atoms with Crippen molar-refractivity contribution in [2.75, 3.05) is 19.7 Å². The molecule has 94 valence electrons. The molecular formula is C15H23NO. The molecule has 0 bridgehead atoms. The van der Waals surface area contributed by atoms with E-state index in [1.165, 1.54) is 16.7 Å². The predicted octanol–water partition coefficient (Wildman–Crippen LogP) is 2.72. The van der Waals surface area contributed by atoms with Crippen LogP contribution in [0.2, 0.25) is 0 Å². The van der Waals surface area contributed by atoms with Crippen molar-refractivity contribution < 1.29 is 5.11 Å². The van der Waals surface area contributed by atoms with Crippen LogP contribution in [0.3, 0.4) is 0 Å². The lowest BCUT2D eigenvalue weighted by atomic mass is 9.88. The normalized spacial score (nSPS) is 20.6. The van der Waals surface area contributed by atoms with Gasteiger partial charge in [0, 0.05) is 19.6 Å². The van der Waals surface area contributed by atoms with Crippen molar-refractivity contribution in [3.8, 4) is 0 Å². The van der Waals surface area contributed by atoms with E-state index >= 15 is 0 Å². The van der Waals surface area contributed by atoms with Gasteiger partial charge in [-0.3, -0.25) is 4.90 Å². The monoisotopic (exact) mass is 233 g/mol. The van der Waals surface area contributed by atoms with Crippen molar-refractivity contribution in [1.29, 1.82) is 0 Å². The number of aliphatic hydroxyl groups excluding tert-OH is 1. The van der Waals surface area contributed by atoms with Crippen LogP contribution in [0, 0.1) is 0 Å². The maximum absolute atomic E-state index is 9.05. The SMILES string of the molecule is CC(C)c1ccc2c(c1)CN(CCO)C[C@@H]2C. The lowest BCUT2D eigenvalue weighted by Crippen LogP contribution is -2.34. The molecule has 1 heterocycles. The number of rotatable bonds is 3. The maximum atomic E-state index is 9.05. The van der Waals surface area contributed by atoms with Crippen LogP contribution in [-0.4, -0.2) is 29.7 Å². The molecule has 0 saturated carbocycles. The first kappa shape index (κ1) is 12.6. The van der Waals surface area contributed by atoms with Crippen molar-refractivity contribution in [2.45, 2.75) is 39.2 Å². The highest BCUT2D eigenvalue weighted by Crippen LogP contribution is 2.30. The molecule has 0 fully saturated rings. The summed E-state index contributed by atoms with van der Waals surface area (Å²) in [6.45, 7) is 9.84. The van der Waals surface area contributed by atoms with Crippen molar-refractivity contribution in [3.63, 3.8) is 0 Å². The second-order valence-electron chi connectivity index (χ2n) is 5.47. The Morgan fingerprint density at radius 2 is 2.18 bits per heavy atom. The van der Waals surface area contributed by atoms with Crippen LogP contribution in [0.25, 0.3) is 0 Å². The molecule has 2 rings (SSSR count). The van der Waals surface area contributed by atoms with Gasteiger partial charge < -0.3 is 5.11 Å². The number of hydrogen-bond acceptors (Lipinski definition) is 2. The molecule has 0 saturated heterocycles. The summed E-state index contributed by atoms with van der Waals surface area (Å²) in [5.74, 6) is 1.16. The van der Waals surface area contributed by atoms with E-state index in [9.17, 15) is 0 Å². The number of benzene rings is 1. The van der Waals surface area contributed by atoms with E-state index in [2.05, 4.69) is 43.9 Å². The third-order valence-corrected chi connectivity index (χ3v) is 3.71. The van der Waals surface area contributed by atoms with Gasteiger partial charge in [0.15, 0.2) is 0 Å². The minimum absolute atomic E-state index is 0.256. The summed E-state index contributed by atoms with van der Waals surface area (Å²) < 4.78 is 0. The molecule has 0 aromatic heterocycles. The summed E-state index contributed by atoms with van der Waals surface area (Å²) in [6.07, 6.45) is 0. The minimum atomic E-state index is 0.256. The van der Waals surface area contributed by atoms with Crippen LogP contribution in [0.1, 0.15) is 49.3 Å². The molecule has 0 spiro atoms. The number of fused-ring (bicyclic) bond motifs is 1. The van der Waals surface area contributed by atoms with Crippen molar-refractivity contribution in [3.05, 3.63) is 34.9 Å². The Hall–Kier alpha value is -0.860. The summed E-state index contributed by atoms with van der Waals surface area (Å²) in [4.78, 5) is 2.34. The molecule has 0 unspecified atom stereocenters. The average molecular weight is 233 g/mol. The maximum Gasteiger partial charge on any atom is 0.0558 e. The van der Waals surface area contributed by atoms with Gasteiger partial charge in [0.25, 0.3) is 0 Å². The summed E-state index contributed by atoms with van der Waals surface area (Å²) in [6, 6.07) is 6.91. The summed E-state index contributed by atoms with van der Waals surface area (Å²) in [5.41, 5.74) is 4.36. The molecule has 1 aromatic carbocycles. The van der Waals surface area contributed by atoms with Gasteiger partial charge in [-0.2, -0.15) is 0 Å². The van der Waals surface area contributed by atoms with Crippen molar-refractivity contribution in [2.24, 2.45) is 0 Å². The molecule has 2 nitrogen and oxygen atoms in total. The molecule has 1 atom stereocenters. The third-order valence-electron chi connectivity index (χ3n) is 3.71. The standard InChI is InChI=1S/C15H23NO/c1-11(2)13-4-5-15-12(3)9-16(6-7-17)10-14(15)8-13/h4-5,8,11-12,17H,6-7,9-10H2,1-3H3/t12-/m0/s1. The number of β-amino-alcohol motifs (C(OH)–C–C–N with tert-alkyl or cyclic N) is 1. The Labute approximate surface area is 104 Å². The van der Waals surface area contributed by atoms with Crippen LogP contribution in [-0.2, 0) is 6.54 Å². The lowest BCUT2D eigenvalue weighted by molar-refractivity contribution is 0.175. The van der Waals surface area contributed by atoms with Crippen LogP contribution >= 0.6 is 0 Å². The Morgan fingerprint density at radius 3 is 2.82 bits per heavy atom. The van der Waals surface area contributed by atoms with E-state index < -0.39 is 0 Å². The number of hydrogen-bond donors (Lipinski definition) is 1. The minimum Gasteiger partial charge on any atom is -0.395 e. The van der Waals surface area contributed by atoms with Gasteiger partial charge in [0.1, 0.15) is 0 Å². The zero-order chi connectivity index (χ0) is 12.4. The summed E-state index contributed by atoms with van der Waals surface area (Å²) >= 11 is 0. The zero-order valence-electron chi connectivity index (χ0n) is 11.1. The van der Waals surface area contributed by atoms with E-state index in [1.807, 2.05) is 0 Å². The molecule has 0 aliphatic carbocycles.